The number of halogens is 4. The van der Waals surface area contributed by atoms with Gasteiger partial charge in [0, 0.05) is 97.1 Å². The number of hydrogen-bond donors (Lipinski definition) is 6. The minimum atomic E-state index is -4.93. The van der Waals surface area contributed by atoms with Gasteiger partial charge in [0.05, 0.1) is 57.1 Å². The molecule has 6 amide bonds. The van der Waals surface area contributed by atoms with E-state index >= 15 is 0 Å². The van der Waals surface area contributed by atoms with Gasteiger partial charge in [-0.05, 0) is 91.1 Å². The van der Waals surface area contributed by atoms with E-state index in [1.165, 1.54) is 16.2 Å². The number of anilines is 2. The van der Waals surface area contributed by atoms with Gasteiger partial charge in [-0.1, -0.05) is 75.7 Å². The van der Waals surface area contributed by atoms with Gasteiger partial charge in [-0.3, -0.25) is 38.5 Å². The van der Waals surface area contributed by atoms with Crippen LogP contribution in [0.3, 0.4) is 0 Å². The summed E-state index contributed by atoms with van der Waals surface area (Å²) in [6.07, 6.45) is -3.03. The van der Waals surface area contributed by atoms with Gasteiger partial charge in [-0.25, -0.2) is 9.37 Å². The zero-order valence-electron chi connectivity index (χ0n) is 49.7. The minimum Gasteiger partial charge on any atom is -0.391 e. The van der Waals surface area contributed by atoms with Gasteiger partial charge in [-0.2, -0.15) is 13.2 Å². The zero-order chi connectivity index (χ0) is 62.4. The highest BCUT2D eigenvalue weighted by Crippen LogP contribution is 2.41. The lowest BCUT2D eigenvalue weighted by atomic mass is 9.85. The summed E-state index contributed by atoms with van der Waals surface area (Å²) in [6.45, 7) is 13.1. The Morgan fingerprint density at radius 1 is 0.851 bits per heavy atom. The van der Waals surface area contributed by atoms with Crippen LogP contribution in [0.2, 0.25) is 0 Å². The Bertz CT molecular complexity index is 3370. The van der Waals surface area contributed by atoms with Crippen molar-refractivity contribution in [2.75, 3.05) is 82.7 Å². The van der Waals surface area contributed by atoms with Crippen LogP contribution >= 0.6 is 11.3 Å². The molecule has 6 N–H and O–H groups in total. The second-order valence-corrected chi connectivity index (χ2v) is 25.3. The van der Waals surface area contributed by atoms with E-state index in [0.29, 0.717) is 101 Å². The monoisotopic (exact) mass is 1220 g/mol. The van der Waals surface area contributed by atoms with Crippen LogP contribution in [-0.4, -0.2) is 166 Å². The highest BCUT2D eigenvalue weighted by Gasteiger charge is 2.53. The van der Waals surface area contributed by atoms with E-state index in [2.05, 4.69) is 45.9 Å². The molecule has 1 saturated carbocycles. The van der Waals surface area contributed by atoms with E-state index in [9.17, 15) is 56.2 Å². The molecule has 3 aliphatic heterocycles. The molecular weight excluding hydrogens is 1150 g/mol. The van der Waals surface area contributed by atoms with Crippen molar-refractivity contribution in [3.8, 4) is 21.6 Å². The zero-order valence-corrected chi connectivity index (χ0v) is 50.6. The first-order valence-electron chi connectivity index (χ1n) is 29.7. The Kier molecular flexibility index (Phi) is 20.0. The number of nitrogens with one attached hydrogen (secondary N) is 5. The normalized spacial score (nSPS) is 18.9. The number of likely N-dealkylation sites (N-methyl/N-ethyl adjacent to an activating group) is 1. The number of rotatable bonds is 21. The Morgan fingerprint density at radius 2 is 1.55 bits per heavy atom. The van der Waals surface area contributed by atoms with Gasteiger partial charge in [0.15, 0.2) is 5.67 Å². The van der Waals surface area contributed by atoms with Crippen molar-refractivity contribution in [1.82, 2.24) is 45.5 Å². The van der Waals surface area contributed by atoms with Crippen LogP contribution < -0.4 is 31.7 Å². The summed E-state index contributed by atoms with van der Waals surface area (Å²) in [6, 6.07) is 18.2. The quantitative estimate of drug-likeness (QED) is 0.0320. The number of aliphatic hydroxyl groups is 1. The third-order valence-electron chi connectivity index (χ3n) is 16.7. The predicted molar refractivity (Wildman–Crippen MR) is 323 cm³/mol. The number of thiazole rings is 1. The first kappa shape index (κ1) is 63.9. The van der Waals surface area contributed by atoms with E-state index < -0.39 is 81.8 Å². The summed E-state index contributed by atoms with van der Waals surface area (Å²) in [7, 11) is 2.01. The van der Waals surface area contributed by atoms with E-state index in [1.807, 2.05) is 79.5 Å². The molecule has 4 atom stereocenters. The van der Waals surface area contributed by atoms with Crippen molar-refractivity contribution in [2.45, 2.75) is 122 Å². The number of likely N-dealkylation sites (tertiary alicyclic amines) is 1. The van der Waals surface area contributed by atoms with Crippen molar-refractivity contribution in [2.24, 2.45) is 5.41 Å². The summed E-state index contributed by atoms with van der Waals surface area (Å²) < 4.78 is 56.8. The van der Waals surface area contributed by atoms with Crippen LogP contribution in [0.25, 0.3) is 21.6 Å². The van der Waals surface area contributed by atoms with Crippen LogP contribution in [0, 0.1) is 12.3 Å². The van der Waals surface area contributed by atoms with Gasteiger partial charge in [0.25, 0.3) is 11.8 Å². The third kappa shape index (κ3) is 16.2. The molecule has 466 valence electrons. The summed E-state index contributed by atoms with van der Waals surface area (Å²) in [4.78, 5) is 111. The number of nitrogens with zero attached hydrogens (tertiary/aromatic N) is 6. The average Bonchev–Trinajstić information content (AvgIpc) is 2.23. The molecule has 0 spiro atoms. The number of alkyl halides is 4. The highest BCUT2D eigenvalue weighted by atomic mass is 32.1. The van der Waals surface area contributed by atoms with Gasteiger partial charge in [-0.15, -0.1) is 11.3 Å². The van der Waals surface area contributed by atoms with Crippen molar-refractivity contribution in [3.63, 3.8) is 0 Å². The number of aliphatic hydroxyl groups excluding tert-OH is 1. The standard InChI is InChI=1S/C63H77F4N11O8S/c1-39-55(87-38-70-39)42-15-13-41(14-16-42)48(71-58(84)51-32-45(79)37-78(51)59(85)56(61(2,3)4)73-60(86)62(64)19-20-62)34-53(81)68-21-8-6-7-12-54(82)77-28-24-75(25-29-77)36-40-10-9-11-43(30-40)44-17-18-50(76-26-22-74(5)23-27-76)49(31-44)72-57(83)46-35-69-52(80)33-47(46)63(65,66)67/h9-11,13-18,30-31,33,35,38,45,48,51,56,79H,6-8,12,19-29,32,34,36-37H2,1-5H3,(H,68,81)(H,69,80)(H,71,84)(H,72,83)(H,73,86)/t45-,48+,51+,56-/m1/s1. The fourth-order valence-corrected chi connectivity index (χ4v) is 12.2. The molecule has 5 heterocycles. The van der Waals surface area contributed by atoms with E-state index in [1.54, 1.807) is 32.3 Å². The number of carbonyl (C=O) groups is 6. The number of piperazine rings is 2. The molecule has 4 fully saturated rings. The number of aromatic amines is 1. The number of unbranched alkanes of at least 4 members (excludes halogenated alkanes) is 2. The first-order valence-corrected chi connectivity index (χ1v) is 30.6. The lowest BCUT2D eigenvalue weighted by Crippen LogP contribution is -2.59. The molecule has 3 saturated heterocycles. The number of β-amino-alcohol motifs (C(OH)–C–C–N with tert-alkyl or cyclic N) is 1. The summed E-state index contributed by atoms with van der Waals surface area (Å²) in [5, 5.41) is 22.1. The molecule has 1 aliphatic carbocycles. The second kappa shape index (κ2) is 27.2. The van der Waals surface area contributed by atoms with Crippen LogP contribution in [0.5, 0.6) is 0 Å². The van der Waals surface area contributed by atoms with Gasteiger partial charge in [0.1, 0.15) is 12.1 Å². The highest BCUT2D eigenvalue weighted by molar-refractivity contribution is 7.13. The van der Waals surface area contributed by atoms with Crippen LogP contribution in [0.1, 0.15) is 111 Å². The molecule has 5 aromatic rings. The Hall–Kier alpha value is -7.54. The van der Waals surface area contributed by atoms with Crippen molar-refractivity contribution >= 4 is 58.2 Å². The third-order valence-corrected chi connectivity index (χ3v) is 17.7. The smallest absolute Gasteiger partial charge is 0.391 e. The average molecular weight is 1220 g/mol. The number of H-pyrrole nitrogens is 1. The lowest BCUT2D eigenvalue weighted by molar-refractivity contribution is -0.145. The van der Waals surface area contributed by atoms with Gasteiger partial charge >= 0.3 is 6.18 Å². The molecule has 87 heavy (non-hydrogen) atoms. The van der Waals surface area contributed by atoms with Crippen molar-refractivity contribution < 1.29 is 51.4 Å². The van der Waals surface area contributed by atoms with Gasteiger partial charge < -0.3 is 51.0 Å². The molecular formula is C63H77F4N11O8S. The molecule has 0 unspecified atom stereocenters. The molecule has 24 heteroatoms. The maximum Gasteiger partial charge on any atom is 0.417 e. The summed E-state index contributed by atoms with van der Waals surface area (Å²) in [5.74, 6) is -3.38. The number of hydrogen-bond acceptors (Lipinski definition) is 13. The first-order chi connectivity index (χ1) is 41.3. The van der Waals surface area contributed by atoms with E-state index in [4.69, 9.17) is 0 Å². The van der Waals surface area contributed by atoms with E-state index in [-0.39, 0.29) is 44.0 Å². The Morgan fingerprint density at radius 3 is 2.22 bits per heavy atom. The van der Waals surface area contributed by atoms with Gasteiger partial charge in [0.2, 0.25) is 29.2 Å². The fourth-order valence-electron chi connectivity index (χ4n) is 11.4. The number of aryl methyl sites for hydroxylation is 1. The fraction of sp³-hybridized carbons (Fsp3) is 0.492. The topological polar surface area (TPSA) is 233 Å². The lowest BCUT2D eigenvalue weighted by Gasteiger charge is -2.36. The molecule has 0 bridgehead atoms. The van der Waals surface area contributed by atoms with Crippen LogP contribution in [0.15, 0.2) is 89.3 Å². The van der Waals surface area contributed by atoms with Crippen LogP contribution in [0.4, 0.5) is 28.9 Å². The maximum atomic E-state index is 14.8. The summed E-state index contributed by atoms with van der Waals surface area (Å²) in [5.41, 5.74) is 1.87. The number of aromatic nitrogens is 2. The predicted octanol–water partition coefficient (Wildman–Crippen LogP) is 7.06. The molecule has 9 rings (SSSR count). The SMILES string of the molecule is Cc1ncsc1-c1ccc([C@H](CC(=O)NCCCCCC(=O)N2CCN(Cc3cccc(-c4ccc(N5CCN(C)CC5)c(NC(=O)c5c[nH]c(=O)cc5C(F)(F)F)c4)c3)CC2)NC(=O)[C@@H]2C[C@@H](O)CN2C(=O)[C@@H](NC(=O)C2(F)CC2)C(C)(C)C)cc1. The Balaban J connectivity index is 0.753. The second-order valence-electron chi connectivity index (χ2n) is 24.4. The van der Waals surface area contributed by atoms with E-state index in [0.717, 1.165) is 52.1 Å². The molecule has 19 nitrogen and oxygen atoms in total. The molecule has 3 aromatic carbocycles. The number of pyridine rings is 1. The van der Waals surface area contributed by atoms with Crippen molar-refractivity contribution in [1.29, 1.82) is 0 Å². The van der Waals surface area contributed by atoms with Crippen LogP contribution in [-0.2, 0) is 36.7 Å². The van der Waals surface area contributed by atoms with Crippen molar-refractivity contribution in [3.05, 3.63) is 123 Å². The molecule has 4 aliphatic rings. The number of carbonyl (C=O) groups excluding carboxylic acids is 6. The molecule has 0 radical (unpaired) electrons. The number of benzene rings is 3. The Labute approximate surface area is 507 Å². The number of amides is 6. The largest absolute Gasteiger partial charge is 0.417 e. The maximum absolute atomic E-state index is 14.8. The summed E-state index contributed by atoms with van der Waals surface area (Å²) >= 11 is 1.49. The minimum absolute atomic E-state index is 0.0500. The molecule has 2 aromatic heterocycles.